The maximum absolute atomic E-state index is 6.84. The highest BCUT2D eigenvalue weighted by atomic mass is 15.0. The largest absolute Gasteiger partial charge is 0.344 e. The van der Waals surface area contributed by atoms with Gasteiger partial charge in [-0.1, -0.05) is 84.9 Å². The highest BCUT2D eigenvalue weighted by molar-refractivity contribution is 6.34. The lowest BCUT2D eigenvalue weighted by Crippen LogP contribution is -2.07. The molecule has 0 fully saturated rings. The highest BCUT2D eigenvalue weighted by Crippen LogP contribution is 2.51. The summed E-state index contributed by atoms with van der Waals surface area (Å²) in [7, 11) is 2.19. The third-order valence-electron chi connectivity index (χ3n) is 11.9. The SMILES string of the molecule is Cn1c2ccccc2c2c3c4cccc5c6cc7c(cc6n(c3ccc21)c54)c1cccc2c3c4c(ccc3n7c12)C(N)c1ccccc1-4. The number of nitrogens with two attached hydrogens (primary N) is 1. The van der Waals surface area contributed by atoms with E-state index in [1.165, 1.54) is 120 Å². The summed E-state index contributed by atoms with van der Waals surface area (Å²) in [6.07, 6.45) is 0. The van der Waals surface area contributed by atoms with Crippen molar-refractivity contribution in [3.8, 4) is 11.1 Å². The normalized spacial score (nSPS) is 15.1. The van der Waals surface area contributed by atoms with E-state index >= 15 is 0 Å². The van der Waals surface area contributed by atoms with E-state index in [-0.39, 0.29) is 6.04 Å². The number of rotatable bonds is 0. The second-order valence-corrected chi connectivity index (χ2v) is 13.9. The molecule has 1 unspecified atom stereocenters. The first-order valence-corrected chi connectivity index (χ1v) is 16.8. The van der Waals surface area contributed by atoms with Crippen LogP contribution < -0.4 is 5.73 Å². The van der Waals surface area contributed by atoms with Crippen molar-refractivity contribution >= 4 is 98.0 Å². The summed E-state index contributed by atoms with van der Waals surface area (Å²) in [4.78, 5) is 0. The fourth-order valence-corrected chi connectivity index (χ4v) is 10.0. The molecule has 48 heavy (non-hydrogen) atoms. The fraction of sp³-hybridized carbons (Fsp3) is 0.0455. The standard InChI is InChI=1S/C44H26N4/c1-46-32-15-5-4-10-26(32)39-33(46)18-19-35-41(39)29-14-7-12-25-31-20-36-30(21-37(31)48(35)44(25)29)24-11-6-13-28-40-34(47(36)43(24)28)17-16-27-38(40)22-8-2-3-9-23(22)42(27)45/h2-21,42H,45H2,1H3. The van der Waals surface area contributed by atoms with Crippen molar-refractivity contribution in [1.29, 1.82) is 0 Å². The summed E-state index contributed by atoms with van der Waals surface area (Å²) in [5.41, 5.74) is 22.0. The van der Waals surface area contributed by atoms with Crippen LogP contribution in [0.15, 0.2) is 121 Å². The summed E-state index contributed by atoms with van der Waals surface area (Å²) in [6.45, 7) is 0. The quantitative estimate of drug-likeness (QED) is 0.182. The minimum Gasteiger partial charge on any atom is -0.344 e. The molecule has 0 spiro atoms. The lowest BCUT2D eigenvalue weighted by molar-refractivity contribution is 0.902. The van der Waals surface area contributed by atoms with E-state index in [4.69, 9.17) is 5.73 Å². The van der Waals surface area contributed by atoms with Gasteiger partial charge in [0.15, 0.2) is 0 Å². The number of fused-ring (bicyclic) bond motifs is 20. The fourth-order valence-electron chi connectivity index (χ4n) is 10.0. The van der Waals surface area contributed by atoms with Gasteiger partial charge in [0.25, 0.3) is 0 Å². The first kappa shape index (κ1) is 24.1. The topological polar surface area (TPSA) is 39.8 Å². The average Bonchev–Trinajstić information content (AvgIpc) is 3.94. The van der Waals surface area contributed by atoms with Crippen LogP contribution >= 0.6 is 0 Å². The average molecular weight is 611 g/mol. The first-order chi connectivity index (χ1) is 23.7. The number of aryl methyl sites for hydroxylation is 1. The van der Waals surface area contributed by atoms with Gasteiger partial charge in [-0.05, 0) is 58.7 Å². The molecule has 222 valence electrons. The zero-order chi connectivity index (χ0) is 31.2. The van der Waals surface area contributed by atoms with Crippen LogP contribution in [0.3, 0.4) is 0 Å². The summed E-state index contributed by atoms with van der Waals surface area (Å²) in [5, 5.41) is 13.1. The molecule has 13 rings (SSSR count). The van der Waals surface area contributed by atoms with Crippen LogP contribution in [0.2, 0.25) is 0 Å². The molecule has 12 aromatic rings. The number of hydrogen-bond donors (Lipinski definition) is 1. The van der Waals surface area contributed by atoms with Crippen molar-refractivity contribution in [2.24, 2.45) is 12.8 Å². The molecule has 1 aliphatic carbocycles. The zero-order valence-electron chi connectivity index (χ0n) is 26.0. The molecule has 2 N–H and O–H groups in total. The van der Waals surface area contributed by atoms with Crippen molar-refractivity contribution in [3.05, 3.63) is 132 Å². The Bertz CT molecular complexity index is 3420. The van der Waals surface area contributed by atoms with Crippen molar-refractivity contribution in [2.75, 3.05) is 0 Å². The third-order valence-corrected chi connectivity index (χ3v) is 11.9. The monoisotopic (exact) mass is 610 g/mol. The van der Waals surface area contributed by atoms with Crippen LogP contribution in [0, 0.1) is 0 Å². The van der Waals surface area contributed by atoms with E-state index in [1.54, 1.807) is 0 Å². The van der Waals surface area contributed by atoms with Gasteiger partial charge in [0.1, 0.15) is 0 Å². The first-order valence-electron chi connectivity index (χ1n) is 16.8. The Balaban J connectivity index is 1.22. The molecule has 0 radical (unpaired) electrons. The summed E-state index contributed by atoms with van der Waals surface area (Å²) >= 11 is 0. The molecule has 1 aliphatic rings. The molecular weight excluding hydrogens is 585 g/mol. The van der Waals surface area contributed by atoms with E-state index in [2.05, 4.69) is 142 Å². The molecule has 5 heterocycles. The highest BCUT2D eigenvalue weighted by Gasteiger charge is 2.30. The van der Waals surface area contributed by atoms with Crippen molar-refractivity contribution in [1.82, 2.24) is 13.4 Å². The molecule has 7 aromatic carbocycles. The molecule has 4 nitrogen and oxygen atoms in total. The summed E-state index contributed by atoms with van der Waals surface area (Å²) < 4.78 is 7.40. The van der Waals surface area contributed by atoms with Gasteiger partial charge in [-0.3, -0.25) is 0 Å². The number of para-hydroxylation sites is 3. The smallest absolute Gasteiger partial charge is 0.0620 e. The van der Waals surface area contributed by atoms with Crippen LogP contribution in [0.5, 0.6) is 0 Å². The Morgan fingerprint density at radius 2 is 1.00 bits per heavy atom. The molecule has 1 atom stereocenters. The van der Waals surface area contributed by atoms with Crippen LogP contribution in [-0.2, 0) is 7.05 Å². The van der Waals surface area contributed by atoms with Gasteiger partial charge in [-0.25, -0.2) is 0 Å². The lowest BCUT2D eigenvalue weighted by Gasteiger charge is -2.07. The Morgan fingerprint density at radius 3 is 1.77 bits per heavy atom. The van der Waals surface area contributed by atoms with E-state index in [9.17, 15) is 0 Å². The second kappa shape index (κ2) is 7.71. The van der Waals surface area contributed by atoms with Crippen LogP contribution in [0.4, 0.5) is 0 Å². The van der Waals surface area contributed by atoms with Crippen molar-refractivity contribution < 1.29 is 0 Å². The van der Waals surface area contributed by atoms with Crippen LogP contribution in [0.25, 0.3) is 109 Å². The Kier molecular flexibility index (Phi) is 3.88. The van der Waals surface area contributed by atoms with Crippen LogP contribution in [-0.4, -0.2) is 13.4 Å². The Labute approximate surface area is 273 Å². The van der Waals surface area contributed by atoms with Gasteiger partial charge in [0.2, 0.25) is 0 Å². The number of benzene rings is 7. The van der Waals surface area contributed by atoms with E-state index in [1.807, 2.05) is 0 Å². The van der Waals surface area contributed by atoms with Gasteiger partial charge in [0.05, 0.1) is 39.1 Å². The zero-order valence-corrected chi connectivity index (χ0v) is 26.0. The van der Waals surface area contributed by atoms with Crippen molar-refractivity contribution in [3.63, 3.8) is 0 Å². The number of aromatic nitrogens is 3. The summed E-state index contributed by atoms with van der Waals surface area (Å²) in [6, 6.07) is 45.2. The van der Waals surface area contributed by atoms with E-state index < -0.39 is 0 Å². The van der Waals surface area contributed by atoms with E-state index in [0.717, 1.165) is 0 Å². The van der Waals surface area contributed by atoms with Crippen molar-refractivity contribution in [2.45, 2.75) is 6.04 Å². The molecule has 0 bridgehead atoms. The molecule has 0 saturated heterocycles. The van der Waals surface area contributed by atoms with Gasteiger partial charge in [0, 0.05) is 71.9 Å². The molecule has 0 amide bonds. The number of hydrogen-bond acceptors (Lipinski definition) is 1. The lowest BCUT2D eigenvalue weighted by atomic mass is 9.98. The van der Waals surface area contributed by atoms with Gasteiger partial charge in [-0.15, -0.1) is 0 Å². The maximum Gasteiger partial charge on any atom is 0.0620 e. The molecular formula is C44H26N4. The van der Waals surface area contributed by atoms with Gasteiger partial charge < -0.3 is 19.1 Å². The number of nitrogens with zero attached hydrogens (tertiary/aromatic N) is 3. The molecule has 0 saturated carbocycles. The summed E-state index contributed by atoms with van der Waals surface area (Å²) in [5.74, 6) is 0. The minimum absolute atomic E-state index is 0.0964. The molecule has 0 aliphatic heterocycles. The van der Waals surface area contributed by atoms with Gasteiger partial charge >= 0.3 is 0 Å². The predicted octanol–water partition coefficient (Wildman–Crippen LogP) is 10.7. The van der Waals surface area contributed by atoms with Crippen LogP contribution in [0.1, 0.15) is 17.2 Å². The predicted molar refractivity (Wildman–Crippen MR) is 201 cm³/mol. The molecule has 4 heteroatoms. The Hall–Kier alpha value is -6.10. The Morgan fingerprint density at radius 1 is 0.438 bits per heavy atom. The van der Waals surface area contributed by atoms with E-state index in [0.29, 0.717) is 0 Å². The molecule has 5 aromatic heterocycles. The maximum atomic E-state index is 6.84. The second-order valence-electron chi connectivity index (χ2n) is 13.9. The van der Waals surface area contributed by atoms with Gasteiger partial charge in [-0.2, -0.15) is 0 Å². The minimum atomic E-state index is -0.0964. The third kappa shape index (κ3) is 2.42.